The first-order chi connectivity index (χ1) is 32.5. The molecule has 67 heavy (non-hydrogen) atoms. The second-order valence-corrected chi connectivity index (χ2v) is 22.4. The van der Waals surface area contributed by atoms with Crippen LogP contribution in [0.4, 0.5) is 0 Å². The summed E-state index contributed by atoms with van der Waals surface area (Å²) in [5, 5.41) is 13.9. The number of likely N-dealkylation sites (N-methyl/N-ethyl adjacent to an activating group) is 1. The van der Waals surface area contributed by atoms with Crippen molar-refractivity contribution < 1.29 is 32.9 Å². The lowest BCUT2D eigenvalue weighted by molar-refractivity contribution is -0.870. The van der Waals surface area contributed by atoms with Gasteiger partial charge in [0, 0.05) is 6.42 Å². The smallest absolute Gasteiger partial charge is 0.268 e. The SMILES string of the molecule is CCCCCCCCCCCCCC/C=C\CCCCCCCCCC(=O)NC(COP(=O)([O-])OCC[N+](C)(C)C)C(O)/C=C/CC/C=C/CCCCCCCCCCCCCCCCCC. The van der Waals surface area contributed by atoms with Crippen LogP contribution >= 0.6 is 7.82 Å². The van der Waals surface area contributed by atoms with E-state index in [1.54, 1.807) is 6.08 Å². The van der Waals surface area contributed by atoms with Gasteiger partial charge in [0.2, 0.25) is 5.91 Å². The average Bonchev–Trinajstić information content (AvgIpc) is 3.29. The summed E-state index contributed by atoms with van der Waals surface area (Å²) < 4.78 is 23.3. The molecule has 0 saturated heterocycles. The fourth-order valence-corrected chi connectivity index (χ4v) is 9.24. The summed E-state index contributed by atoms with van der Waals surface area (Å²) in [5.74, 6) is -0.208. The number of carbonyl (C=O) groups excluding carboxylic acids is 1. The molecule has 0 heterocycles. The van der Waals surface area contributed by atoms with Gasteiger partial charge in [0.25, 0.3) is 7.82 Å². The Hall–Kier alpha value is -1.28. The third kappa shape index (κ3) is 52.4. The average molecular weight is 966 g/mol. The first-order valence-corrected chi connectivity index (χ1v) is 30.3. The zero-order valence-electron chi connectivity index (χ0n) is 45.1. The molecule has 0 fully saturated rings. The van der Waals surface area contributed by atoms with Gasteiger partial charge in [-0.2, -0.15) is 0 Å². The molecule has 9 heteroatoms. The van der Waals surface area contributed by atoms with Crippen LogP contribution in [0.3, 0.4) is 0 Å². The molecule has 0 aromatic rings. The molecule has 0 bridgehead atoms. The number of nitrogens with one attached hydrogen (secondary N) is 1. The van der Waals surface area contributed by atoms with E-state index in [0.29, 0.717) is 17.4 Å². The fraction of sp³-hybridized carbons (Fsp3) is 0.879. The van der Waals surface area contributed by atoms with Gasteiger partial charge in [-0.05, 0) is 57.8 Å². The normalized spacial score (nSPS) is 14.2. The summed E-state index contributed by atoms with van der Waals surface area (Å²) in [7, 11) is 1.25. The molecule has 3 unspecified atom stereocenters. The van der Waals surface area contributed by atoms with Crippen molar-refractivity contribution in [2.24, 2.45) is 0 Å². The van der Waals surface area contributed by atoms with Gasteiger partial charge in [-0.3, -0.25) is 9.36 Å². The Labute approximate surface area is 417 Å². The minimum absolute atomic E-state index is 0.00661. The Balaban J connectivity index is 4.26. The Morgan fingerprint density at radius 3 is 1.21 bits per heavy atom. The molecule has 0 saturated carbocycles. The van der Waals surface area contributed by atoms with Crippen LogP contribution in [0.2, 0.25) is 0 Å². The number of aliphatic hydroxyl groups is 1. The van der Waals surface area contributed by atoms with E-state index >= 15 is 0 Å². The standard InChI is InChI=1S/C58H113N2O6P/c1-6-8-10-12-14-16-18-20-22-24-26-28-30-32-34-36-38-40-42-44-46-48-50-52-58(62)59-56(55-66-67(63,64)65-54-53-60(3,4)5)57(61)51-49-47-45-43-41-39-37-35-33-31-29-27-25-23-21-19-17-15-13-11-9-7-2/h32,34,41,43,49,51,56-57,61H,6-31,33,35-40,42,44-48,50,52-55H2,1-5H3,(H-,59,62,63,64)/b34-32-,43-41+,51-49+. The van der Waals surface area contributed by atoms with Crippen molar-refractivity contribution >= 4 is 13.7 Å². The number of hydrogen-bond acceptors (Lipinski definition) is 6. The monoisotopic (exact) mass is 965 g/mol. The lowest BCUT2D eigenvalue weighted by Gasteiger charge is -2.29. The maximum absolute atomic E-state index is 13.0. The van der Waals surface area contributed by atoms with E-state index in [1.807, 2.05) is 27.2 Å². The van der Waals surface area contributed by atoms with Crippen molar-refractivity contribution in [3.8, 4) is 0 Å². The predicted octanol–water partition coefficient (Wildman–Crippen LogP) is 16.7. The van der Waals surface area contributed by atoms with Crippen LogP contribution in [0.15, 0.2) is 36.5 Å². The molecule has 396 valence electrons. The molecule has 0 spiro atoms. The van der Waals surface area contributed by atoms with Crippen LogP contribution in [0.1, 0.15) is 277 Å². The Morgan fingerprint density at radius 2 is 0.836 bits per heavy atom. The summed E-state index contributed by atoms with van der Waals surface area (Å²) in [6.45, 7) is 4.66. The third-order valence-electron chi connectivity index (χ3n) is 13.1. The van der Waals surface area contributed by atoms with Gasteiger partial charge >= 0.3 is 0 Å². The fourth-order valence-electron chi connectivity index (χ4n) is 8.52. The molecule has 1 amide bonds. The minimum atomic E-state index is -4.61. The number of phosphoric ester groups is 1. The number of unbranched alkanes of at least 4 members (excludes halogenated alkanes) is 36. The highest BCUT2D eigenvalue weighted by atomic mass is 31.2. The number of carbonyl (C=O) groups is 1. The molecule has 0 aromatic heterocycles. The van der Waals surface area contributed by atoms with Gasteiger partial charge < -0.3 is 28.8 Å². The van der Waals surface area contributed by atoms with Crippen molar-refractivity contribution in [1.82, 2.24) is 5.32 Å². The first kappa shape index (κ1) is 65.7. The van der Waals surface area contributed by atoms with Crippen LogP contribution in [0.5, 0.6) is 0 Å². The summed E-state index contributed by atoms with van der Waals surface area (Å²) in [6.07, 6.45) is 63.7. The van der Waals surface area contributed by atoms with E-state index in [2.05, 4.69) is 43.5 Å². The van der Waals surface area contributed by atoms with Crippen LogP contribution in [-0.2, 0) is 18.4 Å². The van der Waals surface area contributed by atoms with Crippen LogP contribution < -0.4 is 10.2 Å². The summed E-state index contributed by atoms with van der Waals surface area (Å²) >= 11 is 0. The van der Waals surface area contributed by atoms with Gasteiger partial charge in [0.05, 0.1) is 39.9 Å². The molecule has 2 N–H and O–H groups in total. The highest BCUT2D eigenvalue weighted by molar-refractivity contribution is 7.45. The van der Waals surface area contributed by atoms with Crippen LogP contribution in [-0.4, -0.2) is 68.5 Å². The van der Waals surface area contributed by atoms with E-state index in [-0.39, 0.29) is 12.5 Å². The Kier molecular flexibility index (Phi) is 48.7. The number of hydrogen-bond donors (Lipinski definition) is 2. The predicted molar refractivity (Wildman–Crippen MR) is 288 cm³/mol. The summed E-state index contributed by atoms with van der Waals surface area (Å²) in [5.41, 5.74) is 0. The molecule has 8 nitrogen and oxygen atoms in total. The third-order valence-corrected chi connectivity index (χ3v) is 14.0. The zero-order valence-corrected chi connectivity index (χ0v) is 46.0. The van der Waals surface area contributed by atoms with Crippen molar-refractivity contribution in [1.29, 1.82) is 0 Å². The molecule has 0 aliphatic heterocycles. The lowest BCUT2D eigenvalue weighted by Crippen LogP contribution is -2.45. The van der Waals surface area contributed by atoms with E-state index in [9.17, 15) is 19.4 Å². The van der Waals surface area contributed by atoms with E-state index in [4.69, 9.17) is 9.05 Å². The van der Waals surface area contributed by atoms with Gasteiger partial charge in [0.1, 0.15) is 13.2 Å². The molecule has 3 atom stereocenters. The van der Waals surface area contributed by atoms with Gasteiger partial charge in [0.15, 0.2) is 0 Å². The summed E-state index contributed by atoms with van der Waals surface area (Å²) in [4.78, 5) is 25.5. The van der Waals surface area contributed by atoms with Gasteiger partial charge in [-0.1, -0.05) is 249 Å². The highest BCUT2D eigenvalue weighted by Crippen LogP contribution is 2.38. The molecule has 0 radical (unpaired) electrons. The Bertz CT molecular complexity index is 1190. The number of aliphatic hydroxyl groups excluding tert-OH is 1. The first-order valence-electron chi connectivity index (χ1n) is 28.9. The van der Waals surface area contributed by atoms with Gasteiger partial charge in [-0.25, -0.2) is 0 Å². The topological polar surface area (TPSA) is 108 Å². The second-order valence-electron chi connectivity index (χ2n) is 21.0. The van der Waals surface area contributed by atoms with Crippen LogP contribution in [0.25, 0.3) is 0 Å². The second kappa shape index (κ2) is 49.7. The number of amides is 1. The van der Waals surface area contributed by atoms with E-state index in [1.165, 1.54) is 218 Å². The number of phosphoric acid groups is 1. The molecular formula is C58H113N2O6P. The van der Waals surface area contributed by atoms with Crippen molar-refractivity contribution in [2.75, 3.05) is 40.9 Å². The molecule has 0 aliphatic carbocycles. The molecule has 0 rings (SSSR count). The van der Waals surface area contributed by atoms with Crippen molar-refractivity contribution in [2.45, 2.75) is 289 Å². The number of rotatable bonds is 53. The maximum Gasteiger partial charge on any atom is 0.268 e. The van der Waals surface area contributed by atoms with Gasteiger partial charge in [-0.15, -0.1) is 0 Å². The van der Waals surface area contributed by atoms with Crippen molar-refractivity contribution in [3.63, 3.8) is 0 Å². The van der Waals surface area contributed by atoms with E-state index < -0.39 is 26.6 Å². The molecule has 0 aliphatic rings. The largest absolute Gasteiger partial charge is 0.756 e. The molecular weight excluding hydrogens is 852 g/mol. The van der Waals surface area contributed by atoms with E-state index in [0.717, 1.165) is 38.5 Å². The zero-order chi connectivity index (χ0) is 49.2. The summed E-state index contributed by atoms with van der Waals surface area (Å²) in [6, 6.07) is -0.906. The number of quaternary nitrogens is 1. The molecule has 0 aromatic carbocycles. The van der Waals surface area contributed by atoms with Crippen LogP contribution in [0, 0.1) is 0 Å². The number of allylic oxidation sites excluding steroid dienone is 5. The maximum atomic E-state index is 13.0. The number of nitrogens with zero attached hydrogens (tertiary/aromatic N) is 1. The highest BCUT2D eigenvalue weighted by Gasteiger charge is 2.23. The Morgan fingerprint density at radius 1 is 0.507 bits per heavy atom. The minimum Gasteiger partial charge on any atom is -0.756 e. The quantitative estimate of drug-likeness (QED) is 0.0272. The lowest BCUT2D eigenvalue weighted by atomic mass is 10.0. The van der Waals surface area contributed by atoms with Crippen molar-refractivity contribution in [3.05, 3.63) is 36.5 Å².